The summed E-state index contributed by atoms with van der Waals surface area (Å²) >= 11 is 1.48. The van der Waals surface area contributed by atoms with Crippen molar-refractivity contribution in [3.05, 3.63) is 47.3 Å². The van der Waals surface area contributed by atoms with Crippen molar-refractivity contribution in [1.29, 1.82) is 0 Å². The number of aromatic nitrogens is 1. The van der Waals surface area contributed by atoms with E-state index >= 15 is 0 Å². The third-order valence-electron chi connectivity index (χ3n) is 5.44. The number of anilines is 3. The summed E-state index contributed by atoms with van der Waals surface area (Å²) in [5.41, 5.74) is 2.73. The highest BCUT2D eigenvalue weighted by Crippen LogP contribution is 2.35. The number of thiazole rings is 1. The molecule has 0 saturated heterocycles. The van der Waals surface area contributed by atoms with E-state index in [1.807, 2.05) is 30.2 Å². The van der Waals surface area contributed by atoms with Gasteiger partial charge in [0.05, 0.1) is 24.2 Å². The highest BCUT2D eigenvalue weighted by atomic mass is 32.2. The van der Waals surface area contributed by atoms with E-state index < -0.39 is 15.9 Å². The summed E-state index contributed by atoms with van der Waals surface area (Å²) in [6, 6.07) is 10.0. The molecule has 2 heterocycles. The summed E-state index contributed by atoms with van der Waals surface area (Å²) in [4.78, 5) is 19.5. The van der Waals surface area contributed by atoms with Gasteiger partial charge in [-0.1, -0.05) is 13.8 Å². The van der Waals surface area contributed by atoms with Crippen LogP contribution in [0, 0.1) is 5.92 Å². The Bertz CT molecular complexity index is 1410. The van der Waals surface area contributed by atoms with Gasteiger partial charge in [-0.15, -0.1) is 15.7 Å². The highest BCUT2D eigenvalue weighted by molar-refractivity contribution is 7.90. The third-order valence-corrected chi connectivity index (χ3v) is 7.69. The number of nitrogens with one attached hydrogen (secondary N) is 2. The molecule has 9 nitrogen and oxygen atoms in total. The first-order chi connectivity index (χ1) is 16.6. The number of nitrogens with zero attached hydrogens (tertiary/aromatic N) is 3. The predicted molar refractivity (Wildman–Crippen MR) is 141 cm³/mol. The maximum atomic E-state index is 13.2. The zero-order valence-electron chi connectivity index (χ0n) is 20.1. The first-order valence-corrected chi connectivity index (χ1v) is 13.3. The quantitative estimate of drug-likeness (QED) is 0.471. The SMILES string of the molecule is CNc1nc(-c2ccc(OC)c(NC(=O)c3ccc4c(c3)S(=O)(=O)N=C(C)N4CC(C)C)c2)cs1. The van der Waals surface area contributed by atoms with Crippen molar-refractivity contribution in [3.63, 3.8) is 0 Å². The van der Waals surface area contributed by atoms with Crippen molar-refractivity contribution in [2.75, 3.05) is 36.2 Å². The Balaban J connectivity index is 1.67. The molecule has 1 aliphatic heterocycles. The molecule has 1 amide bonds. The number of rotatable bonds is 7. The molecule has 35 heavy (non-hydrogen) atoms. The van der Waals surface area contributed by atoms with E-state index in [-0.39, 0.29) is 10.5 Å². The van der Waals surface area contributed by atoms with Crippen LogP contribution < -0.4 is 20.3 Å². The van der Waals surface area contributed by atoms with Crippen LogP contribution >= 0.6 is 11.3 Å². The van der Waals surface area contributed by atoms with E-state index in [4.69, 9.17) is 4.74 Å². The van der Waals surface area contributed by atoms with Crippen LogP contribution in [0.5, 0.6) is 5.75 Å². The molecule has 0 aliphatic carbocycles. The number of amidine groups is 1. The minimum absolute atomic E-state index is 0.0131. The molecule has 0 atom stereocenters. The number of carbonyl (C=O) groups excluding carboxylic acids is 1. The molecule has 4 rings (SSSR count). The first kappa shape index (κ1) is 24.7. The van der Waals surface area contributed by atoms with Crippen LogP contribution in [0.15, 0.2) is 51.1 Å². The molecule has 0 radical (unpaired) electrons. The van der Waals surface area contributed by atoms with Crippen LogP contribution in [0.1, 0.15) is 31.1 Å². The Hall–Kier alpha value is -3.44. The standard InChI is InChI=1S/C24H27N5O4S2/c1-14(2)12-29-15(3)28-35(31,32)22-11-17(6-8-20(22)29)23(30)26-18-10-16(7-9-21(18)33-5)19-13-34-24(25-4)27-19/h6-11,13-14H,12H2,1-5H3,(H,25,27)(H,26,30). The molecule has 0 spiro atoms. The number of hydrogen-bond acceptors (Lipinski definition) is 8. The summed E-state index contributed by atoms with van der Waals surface area (Å²) in [7, 11) is -0.599. The van der Waals surface area contributed by atoms with E-state index in [1.165, 1.54) is 24.5 Å². The third kappa shape index (κ3) is 5.01. The number of ether oxygens (including phenoxy) is 1. The Kier molecular flexibility index (Phi) is 6.82. The molecule has 0 bridgehead atoms. The minimum atomic E-state index is -3.92. The lowest BCUT2D eigenvalue weighted by Crippen LogP contribution is -2.36. The number of hydrogen-bond donors (Lipinski definition) is 2. The number of benzene rings is 2. The number of amides is 1. The number of sulfonamides is 1. The van der Waals surface area contributed by atoms with Gasteiger partial charge < -0.3 is 20.3 Å². The van der Waals surface area contributed by atoms with E-state index in [1.54, 1.807) is 38.2 Å². The molecule has 0 fully saturated rings. The van der Waals surface area contributed by atoms with Crippen LogP contribution in [0.25, 0.3) is 11.3 Å². The molecule has 184 valence electrons. The largest absolute Gasteiger partial charge is 0.495 e. The minimum Gasteiger partial charge on any atom is -0.495 e. The van der Waals surface area contributed by atoms with Crippen molar-refractivity contribution in [3.8, 4) is 17.0 Å². The van der Waals surface area contributed by atoms with E-state index in [9.17, 15) is 13.2 Å². The molecule has 2 aromatic carbocycles. The Morgan fingerprint density at radius 2 is 1.97 bits per heavy atom. The van der Waals surface area contributed by atoms with Crippen molar-refractivity contribution in [1.82, 2.24) is 4.98 Å². The van der Waals surface area contributed by atoms with Gasteiger partial charge in [0.15, 0.2) is 5.13 Å². The lowest BCUT2D eigenvalue weighted by molar-refractivity contribution is 0.102. The number of carbonyl (C=O) groups is 1. The van der Waals surface area contributed by atoms with Gasteiger partial charge in [-0.2, -0.15) is 8.42 Å². The molecular formula is C24H27N5O4S2. The van der Waals surface area contributed by atoms with Crippen molar-refractivity contribution >= 4 is 49.6 Å². The fourth-order valence-electron chi connectivity index (χ4n) is 3.81. The van der Waals surface area contributed by atoms with Crippen LogP contribution in [-0.4, -0.2) is 45.8 Å². The van der Waals surface area contributed by atoms with Crippen molar-refractivity contribution < 1.29 is 17.9 Å². The smallest absolute Gasteiger partial charge is 0.286 e. The molecule has 11 heteroatoms. The van der Waals surface area contributed by atoms with Gasteiger partial charge in [0.25, 0.3) is 15.9 Å². The van der Waals surface area contributed by atoms with Gasteiger partial charge in [0.2, 0.25) is 0 Å². The molecular weight excluding hydrogens is 486 g/mol. The van der Waals surface area contributed by atoms with Gasteiger partial charge in [-0.3, -0.25) is 4.79 Å². The summed E-state index contributed by atoms with van der Waals surface area (Å²) in [6.45, 7) is 6.37. The lowest BCUT2D eigenvalue weighted by atomic mass is 10.1. The molecule has 2 N–H and O–H groups in total. The summed E-state index contributed by atoms with van der Waals surface area (Å²) in [5.74, 6) is 0.709. The van der Waals surface area contributed by atoms with Crippen LogP contribution in [0.3, 0.4) is 0 Å². The van der Waals surface area contributed by atoms with E-state index in [0.29, 0.717) is 35.4 Å². The molecule has 3 aromatic rings. The second-order valence-corrected chi connectivity index (χ2v) is 10.9. The number of methoxy groups -OCH3 is 1. The monoisotopic (exact) mass is 513 g/mol. The maximum absolute atomic E-state index is 13.2. The normalized spacial score (nSPS) is 14.3. The average molecular weight is 514 g/mol. The molecule has 1 aromatic heterocycles. The van der Waals surface area contributed by atoms with E-state index in [0.717, 1.165) is 16.4 Å². The zero-order valence-corrected chi connectivity index (χ0v) is 21.8. The second-order valence-electron chi connectivity index (χ2n) is 8.46. The maximum Gasteiger partial charge on any atom is 0.286 e. The van der Waals surface area contributed by atoms with Gasteiger partial charge in [-0.25, -0.2) is 4.98 Å². The summed E-state index contributed by atoms with van der Waals surface area (Å²) in [5, 5.41) is 8.55. The Morgan fingerprint density at radius 1 is 1.20 bits per heavy atom. The van der Waals surface area contributed by atoms with Crippen molar-refractivity contribution in [2.24, 2.45) is 10.3 Å². The highest BCUT2D eigenvalue weighted by Gasteiger charge is 2.30. The summed E-state index contributed by atoms with van der Waals surface area (Å²) in [6.07, 6.45) is 0. The summed E-state index contributed by atoms with van der Waals surface area (Å²) < 4.78 is 34.9. The lowest BCUT2D eigenvalue weighted by Gasteiger charge is -2.30. The fraction of sp³-hybridized carbons (Fsp3) is 0.292. The predicted octanol–water partition coefficient (Wildman–Crippen LogP) is 4.70. The molecule has 1 aliphatic rings. The Labute approximate surface area is 208 Å². The van der Waals surface area contributed by atoms with Gasteiger partial charge in [0.1, 0.15) is 16.5 Å². The molecule has 0 unspecified atom stereocenters. The molecule has 0 saturated carbocycles. The fourth-order valence-corrected chi connectivity index (χ4v) is 5.75. The Morgan fingerprint density at radius 3 is 2.63 bits per heavy atom. The topological polar surface area (TPSA) is 113 Å². The number of fused-ring (bicyclic) bond motifs is 1. The van der Waals surface area contributed by atoms with Crippen LogP contribution in [0.2, 0.25) is 0 Å². The van der Waals surface area contributed by atoms with Crippen LogP contribution in [0.4, 0.5) is 16.5 Å². The van der Waals surface area contributed by atoms with Crippen molar-refractivity contribution in [2.45, 2.75) is 25.7 Å². The van der Waals surface area contributed by atoms with Gasteiger partial charge >= 0.3 is 0 Å². The zero-order chi connectivity index (χ0) is 25.3. The van der Waals surface area contributed by atoms with Gasteiger partial charge in [-0.05, 0) is 49.2 Å². The second kappa shape index (κ2) is 9.67. The van der Waals surface area contributed by atoms with E-state index in [2.05, 4.69) is 20.0 Å². The van der Waals surface area contributed by atoms with Crippen LogP contribution in [-0.2, 0) is 10.0 Å². The van der Waals surface area contributed by atoms with Gasteiger partial charge in [0, 0.05) is 30.1 Å². The first-order valence-electron chi connectivity index (χ1n) is 11.0. The average Bonchev–Trinajstić information content (AvgIpc) is 3.30.